The Hall–Kier alpha value is -2.49. The molecule has 0 aliphatic carbocycles. The van der Waals surface area contributed by atoms with Crippen LogP contribution in [0.2, 0.25) is 0 Å². The van der Waals surface area contributed by atoms with Gasteiger partial charge in [-0.05, 0) is 31.9 Å². The summed E-state index contributed by atoms with van der Waals surface area (Å²) in [4.78, 5) is 12.3. The lowest BCUT2D eigenvalue weighted by Crippen LogP contribution is -2.10. The largest absolute Gasteiger partial charge is 0.457 e. The highest BCUT2D eigenvalue weighted by molar-refractivity contribution is 5.97. The van der Waals surface area contributed by atoms with Crippen LogP contribution < -0.4 is 9.47 Å². The molecule has 0 atom stereocenters. The molecule has 2 aliphatic heterocycles. The highest BCUT2D eigenvalue weighted by atomic mass is 16.6. The molecule has 2 aromatic carbocycles. The monoisotopic (exact) mass is 324 g/mol. The summed E-state index contributed by atoms with van der Waals surface area (Å²) in [5, 5.41) is 0. The van der Waals surface area contributed by atoms with Crippen molar-refractivity contribution in [2.75, 3.05) is 0 Å². The minimum absolute atomic E-state index is 0.246. The Morgan fingerprint density at radius 1 is 1.04 bits per heavy atom. The molecule has 2 aromatic rings. The molecule has 2 aliphatic rings. The summed E-state index contributed by atoms with van der Waals surface area (Å²) in [6.07, 6.45) is 4.04. The number of esters is 1. The van der Waals surface area contributed by atoms with Gasteiger partial charge >= 0.3 is 5.97 Å². The molecule has 0 saturated heterocycles. The van der Waals surface area contributed by atoms with E-state index in [1.54, 1.807) is 0 Å². The van der Waals surface area contributed by atoms with Crippen LogP contribution in [-0.2, 0) is 17.8 Å². The zero-order valence-corrected chi connectivity index (χ0v) is 14.0. The lowest BCUT2D eigenvalue weighted by molar-refractivity contribution is 0.0534. The fraction of sp³-hybridized carbons (Fsp3) is 0.350. The second-order valence-corrected chi connectivity index (χ2v) is 6.30. The lowest BCUT2D eigenvalue weighted by atomic mass is 9.92. The predicted octanol–water partition coefficient (Wildman–Crippen LogP) is 5.30. The van der Waals surface area contributed by atoms with Gasteiger partial charge in [0.2, 0.25) is 0 Å². The highest BCUT2D eigenvalue weighted by Crippen LogP contribution is 2.52. The van der Waals surface area contributed by atoms with E-state index in [0.717, 1.165) is 48.1 Å². The molecule has 0 N–H and O–H groups in total. The number of hydrogen-bond acceptors (Lipinski definition) is 4. The van der Waals surface area contributed by atoms with Gasteiger partial charge in [-0.15, -0.1) is 0 Å². The van der Waals surface area contributed by atoms with Crippen LogP contribution in [0.5, 0.6) is 23.0 Å². The first kappa shape index (κ1) is 15.1. The summed E-state index contributed by atoms with van der Waals surface area (Å²) >= 11 is 0. The number of rotatable bonds is 4. The maximum atomic E-state index is 12.3. The van der Waals surface area contributed by atoms with Crippen molar-refractivity contribution in [1.82, 2.24) is 0 Å². The van der Waals surface area contributed by atoms with Gasteiger partial charge < -0.3 is 14.2 Å². The fourth-order valence-corrected chi connectivity index (χ4v) is 3.42. The third kappa shape index (κ3) is 2.25. The fourth-order valence-electron chi connectivity index (χ4n) is 3.42. The van der Waals surface area contributed by atoms with Gasteiger partial charge in [0.25, 0.3) is 0 Å². The van der Waals surface area contributed by atoms with E-state index >= 15 is 0 Å². The average molecular weight is 324 g/mol. The van der Waals surface area contributed by atoms with Crippen LogP contribution >= 0.6 is 0 Å². The van der Waals surface area contributed by atoms with E-state index in [9.17, 15) is 4.79 Å². The standard InChI is InChI=1S/C20H20O4/c1-3-4-5-8-13-17-14(11-22-20(17)21)12(2)18-19(13)24-16-10-7-6-9-15(16)23-18/h6-7,9-10H,3-5,8,11H2,1-2H3. The number of para-hydroxylation sites is 2. The first-order valence-corrected chi connectivity index (χ1v) is 8.50. The van der Waals surface area contributed by atoms with Gasteiger partial charge in [-0.1, -0.05) is 31.9 Å². The Balaban J connectivity index is 1.87. The third-order valence-electron chi connectivity index (χ3n) is 4.73. The van der Waals surface area contributed by atoms with Crippen molar-refractivity contribution in [1.29, 1.82) is 0 Å². The average Bonchev–Trinajstić information content (AvgIpc) is 2.99. The van der Waals surface area contributed by atoms with Gasteiger partial charge in [-0.3, -0.25) is 0 Å². The first-order valence-electron chi connectivity index (χ1n) is 8.50. The van der Waals surface area contributed by atoms with Gasteiger partial charge in [0.05, 0.1) is 5.56 Å². The Kier molecular flexibility index (Phi) is 3.68. The number of ether oxygens (including phenoxy) is 3. The van der Waals surface area contributed by atoms with E-state index in [-0.39, 0.29) is 5.97 Å². The zero-order valence-electron chi connectivity index (χ0n) is 14.0. The van der Waals surface area contributed by atoms with Crippen LogP contribution in [-0.4, -0.2) is 5.97 Å². The van der Waals surface area contributed by atoms with Crippen LogP contribution in [0, 0.1) is 6.92 Å². The Labute approximate surface area is 141 Å². The summed E-state index contributed by atoms with van der Waals surface area (Å²) < 4.78 is 17.6. The topological polar surface area (TPSA) is 44.8 Å². The Morgan fingerprint density at radius 3 is 2.46 bits per heavy atom. The molecule has 0 saturated carbocycles. The molecule has 4 nitrogen and oxygen atoms in total. The molecule has 0 aromatic heterocycles. The number of hydrogen-bond donors (Lipinski definition) is 0. The highest BCUT2D eigenvalue weighted by Gasteiger charge is 2.35. The van der Waals surface area contributed by atoms with E-state index in [1.807, 2.05) is 31.2 Å². The van der Waals surface area contributed by atoms with Crippen LogP contribution in [0.25, 0.3) is 0 Å². The second-order valence-electron chi connectivity index (χ2n) is 6.30. The summed E-state index contributed by atoms with van der Waals surface area (Å²) in [6.45, 7) is 4.45. The van der Waals surface area contributed by atoms with Crippen molar-refractivity contribution in [3.05, 3.63) is 46.5 Å². The van der Waals surface area contributed by atoms with Crippen molar-refractivity contribution >= 4 is 5.97 Å². The first-order chi connectivity index (χ1) is 11.7. The van der Waals surface area contributed by atoms with Gasteiger partial charge in [0.15, 0.2) is 23.0 Å². The van der Waals surface area contributed by atoms with Crippen LogP contribution in [0.1, 0.15) is 53.2 Å². The normalized spacial score (nSPS) is 14.2. The molecular weight excluding hydrogens is 304 g/mol. The number of fused-ring (bicyclic) bond motifs is 3. The van der Waals surface area contributed by atoms with Gasteiger partial charge in [0, 0.05) is 16.7 Å². The Morgan fingerprint density at radius 2 is 1.75 bits per heavy atom. The molecule has 0 radical (unpaired) electrons. The summed E-state index contributed by atoms with van der Waals surface area (Å²) in [5.41, 5.74) is 3.48. The van der Waals surface area contributed by atoms with Crippen molar-refractivity contribution in [3.63, 3.8) is 0 Å². The van der Waals surface area contributed by atoms with E-state index in [2.05, 4.69) is 6.92 Å². The van der Waals surface area contributed by atoms with Crippen molar-refractivity contribution in [2.24, 2.45) is 0 Å². The SMILES string of the molecule is CCCCCc1c2c(c(C)c3c1C(=O)OC3)Oc1ccccc1O2. The molecule has 0 fully saturated rings. The summed E-state index contributed by atoms with van der Waals surface area (Å²) in [7, 11) is 0. The molecule has 4 heteroatoms. The van der Waals surface area contributed by atoms with Crippen molar-refractivity contribution in [3.8, 4) is 23.0 Å². The molecule has 0 spiro atoms. The van der Waals surface area contributed by atoms with Crippen LogP contribution in [0.3, 0.4) is 0 Å². The molecule has 0 amide bonds. The molecule has 2 heterocycles. The molecule has 24 heavy (non-hydrogen) atoms. The van der Waals surface area contributed by atoms with E-state index < -0.39 is 0 Å². The number of carbonyl (C=O) groups excluding carboxylic acids is 1. The molecular formula is C20H20O4. The van der Waals surface area contributed by atoms with Crippen molar-refractivity contribution < 1.29 is 19.0 Å². The number of unbranched alkanes of at least 4 members (excludes halogenated alkanes) is 2. The minimum Gasteiger partial charge on any atom is -0.457 e. The molecule has 4 rings (SSSR count). The lowest BCUT2D eigenvalue weighted by Gasteiger charge is -2.26. The van der Waals surface area contributed by atoms with Crippen LogP contribution in [0.15, 0.2) is 24.3 Å². The predicted molar refractivity (Wildman–Crippen MR) is 90.1 cm³/mol. The second kappa shape index (κ2) is 5.86. The quantitative estimate of drug-likeness (QED) is 0.483. The number of cyclic esters (lactones) is 1. The molecule has 0 unspecified atom stereocenters. The smallest absolute Gasteiger partial charge is 0.339 e. The van der Waals surface area contributed by atoms with E-state index in [0.29, 0.717) is 29.4 Å². The molecule has 124 valence electrons. The maximum absolute atomic E-state index is 12.3. The zero-order chi connectivity index (χ0) is 16.7. The molecule has 0 bridgehead atoms. The van der Waals surface area contributed by atoms with Crippen molar-refractivity contribution in [2.45, 2.75) is 46.1 Å². The summed E-state index contributed by atoms with van der Waals surface area (Å²) in [5.74, 6) is 2.55. The summed E-state index contributed by atoms with van der Waals surface area (Å²) in [6, 6.07) is 7.61. The maximum Gasteiger partial charge on any atom is 0.339 e. The van der Waals surface area contributed by atoms with Gasteiger partial charge in [0.1, 0.15) is 6.61 Å². The van der Waals surface area contributed by atoms with Crippen LogP contribution in [0.4, 0.5) is 0 Å². The Bertz CT molecular complexity index is 823. The third-order valence-corrected chi connectivity index (χ3v) is 4.73. The van der Waals surface area contributed by atoms with Gasteiger partial charge in [-0.25, -0.2) is 4.79 Å². The number of carbonyl (C=O) groups is 1. The van der Waals surface area contributed by atoms with Gasteiger partial charge in [-0.2, -0.15) is 0 Å². The van der Waals surface area contributed by atoms with E-state index in [4.69, 9.17) is 14.2 Å². The minimum atomic E-state index is -0.246. The number of benzene rings is 2. The van der Waals surface area contributed by atoms with E-state index in [1.165, 1.54) is 0 Å².